The van der Waals surface area contributed by atoms with Crippen molar-refractivity contribution in [3.05, 3.63) is 29.3 Å². The number of anilines is 1. The van der Waals surface area contributed by atoms with Crippen molar-refractivity contribution in [2.75, 3.05) is 25.6 Å². The number of methoxy groups -OCH3 is 1. The van der Waals surface area contributed by atoms with Crippen molar-refractivity contribution in [2.24, 2.45) is 0 Å². The van der Waals surface area contributed by atoms with Crippen LogP contribution >= 0.6 is 0 Å². The van der Waals surface area contributed by atoms with E-state index in [2.05, 4.69) is 5.32 Å². The Morgan fingerprint density at radius 2 is 2.11 bits per heavy atom. The molecule has 0 atom stereocenters. The summed E-state index contributed by atoms with van der Waals surface area (Å²) in [4.78, 5) is 11.1. The maximum absolute atomic E-state index is 11.1. The average Bonchev–Trinajstić information content (AvgIpc) is 2.35. The van der Waals surface area contributed by atoms with Crippen LogP contribution in [-0.4, -0.2) is 31.3 Å². The van der Waals surface area contributed by atoms with Gasteiger partial charge in [-0.2, -0.15) is 0 Å². The molecule has 18 heavy (non-hydrogen) atoms. The summed E-state index contributed by atoms with van der Waals surface area (Å²) in [7, 11) is 1.70. The predicted molar refractivity (Wildman–Crippen MR) is 72.4 cm³/mol. The van der Waals surface area contributed by atoms with Crippen LogP contribution < -0.4 is 5.32 Å². The van der Waals surface area contributed by atoms with Crippen LogP contribution in [0.2, 0.25) is 0 Å². The van der Waals surface area contributed by atoms with Gasteiger partial charge in [-0.05, 0) is 38.3 Å². The maximum Gasteiger partial charge on any atom is 0.337 e. The normalized spacial score (nSPS) is 10.3. The standard InChI is InChI=1S/C14H21NO3/c1-11-6-7-13(12(10-11)14(16)17)15-8-4-3-5-9-18-2/h6-7,10,15H,3-5,8-9H2,1-2H3,(H,16,17). The highest BCUT2D eigenvalue weighted by atomic mass is 16.5. The van der Waals surface area contributed by atoms with Crippen LogP contribution in [0.1, 0.15) is 35.2 Å². The Kier molecular flexibility index (Phi) is 6.22. The van der Waals surface area contributed by atoms with E-state index in [0.29, 0.717) is 11.3 Å². The fourth-order valence-corrected chi connectivity index (χ4v) is 1.76. The van der Waals surface area contributed by atoms with Crippen molar-refractivity contribution in [3.63, 3.8) is 0 Å². The summed E-state index contributed by atoms with van der Waals surface area (Å²) in [6, 6.07) is 5.43. The molecule has 4 heteroatoms. The van der Waals surface area contributed by atoms with Gasteiger partial charge in [0.25, 0.3) is 0 Å². The summed E-state index contributed by atoms with van der Waals surface area (Å²) < 4.78 is 4.97. The van der Waals surface area contributed by atoms with E-state index in [1.54, 1.807) is 13.2 Å². The Balaban J connectivity index is 2.44. The number of hydrogen-bond donors (Lipinski definition) is 2. The lowest BCUT2D eigenvalue weighted by atomic mass is 10.1. The van der Waals surface area contributed by atoms with E-state index in [1.165, 1.54) is 0 Å². The SMILES string of the molecule is COCCCCCNc1ccc(C)cc1C(=O)O. The molecule has 0 aliphatic heterocycles. The highest BCUT2D eigenvalue weighted by Gasteiger charge is 2.09. The molecule has 1 rings (SSSR count). The molecule has 0 aliphatic rings. The first-order valence-electron chi connectivity index (χ1n) is 6.22. The van der Waals surface area contributed by atoms with Gasteiger partial charge in [0.05, 0.1) is 5.56 Å². The molecule has 0 saturated heterocycles. The van der Waals surface area contributed by atoms with Gasteiger partial charge in [-0.3, -0.25) is 0 Å². The van der Waals surface area contributed by atoms with Gasteiger partial charge in [0.15, 0.2) is 0 Å². The van der Waals surface area contributed by atoms with E-state index in [4.69, 9.17) is 9.84 Å². The van der Waals surface area contributed by atoms with Crippen LogP contribution in [-0.2, 0) is 4.74 Å². The van der Waals surface area contributed by atoms with Crippen molar-refractivity contribution in [1.82, 2.24) is 0 Å². The van der Waals surface area contributed by atoms with Gasteiger partial charge in [0, 0.05) is 25.9 Å². The molecule has 0 aromatic heterocycles. The smallest absolute Gasteiger partial charge is 0.337 e. The highest BCUT2D eigenvalue weighted by Crippen LogP contribution is 2.17. The molecule has 1 aromatic carbocycles. The number of aryl methyl sites for hydroxylation is 1. The van der Waals surface area contributed by atoms with Gasteiger partial charge in [-0.15, -0.1) is 0 Å². The summed E-state index contributed by atoms with van der Waals surface area (Å²) in [5.74, 6) is -0.888. The number of nitrogens with one attached hydrogen (secondary N) is 1. The van der Waals surface area contributed by atoms with E-state index in [9.17, 15) is 4.79 Å². The largest absolute Gasteiger partial charge is 0.478 e. The van der Waals surface area contributed by atoms with Crippen molar-refractivity contribution < 1.29 is 14.6 Å². The van der Waals surface area contributed by atoms with Crippen LogP contribution in [0.5, 0.6) is 0 Å². The molecule has 0 unspecified atom stereocenters. The number of rotatable bonds is 8. The summed E-state index contributed by atoms with van der Waals surface area (Å²) in [6.45, 7) is 3.46. The van der Waals surface area contributed by atoms with Crippen LogP contribution in [0.3, 0.4) is 0 Å². The molecule has 0 aliphatic carbocycles. The molecule has 1 aromatic rings. The second kappa shape index (κ2) is 7.71. The summed E-state index contributed by atoms with van der Waals surface area (Å²) in [6.07, 6.45) is 3.13. The van der Waals surface area contributed by atoms with Crippen molar-refractivity contribution in [1.29, 1.82) is 0 Å². The molecule has 0 saturated carbocycles. The zero-order valence-corrected chi connectivity index (χ0v) is 11.0. The Morgan fingerprint density at radius 3 is 2.78 bits per heavy atom. The quantitative estimate of drug-likeness (QED) is 0.697. The minimum absolute atomic E-state index is 0.340. The van der Waals surface area contributed by atoms with E-state index >= 15 is 0 Å². The minimum atomic E-state index is -0.888. The number of aromatic carboxylic acids is 1. The maximum atomic E-state index is 11.1. The number of benzene rings is 1. The number of ether oxygens (including phenoxy) is 1. The van der Waals surface area contributed by atoms with Gasteiger partial charge < -0.3 is 15.2 Å². The molecule has 4 nitrogen and oxygen atoms in total. The number of carboxylic acid groups (broad SMARTS) is 1. The lowest BCUT2D eigenvalue weighted by Gasteiger charge is -2.10. The Morgan fingerprint density at radius 1 is 1.33 bits per heavy atom. The lowest BCUT2D eigenvalue weighted by molar-refractivity contribution is 0.0698. The Bertz CT molecular complexity index is 391. The predicted octanol–water partition coefficient (Wildman–Crippen LogP) is 2.92. The molecule has 0 amide bonds. The first-order chi connectivity index (χ1) is 8.65. The van der Waals surface area contributed by atoms with Crippen molar-refractivity contribution in [3.8, 4) is 0 Å². The molecular weight excluding hydrogens is 230 g/mol. The van der Waals surface area contributed by atoms with Gasteiger partial charge in [-0.25, -0.2) is 4.79 Å². The van der Waals surface area contributed by atoms with Gasteiger partial charge in [0.2, 0.25) is 0 Å². The second-order valence-electron chi connectivity index (χ2n) is 4.33. The fourth-order valence-electron chi connectivity index (χ4n) is 1.76. The first kappa shape index (κ1) is 14.5. The highest BCUT2D eigenvalue weighted by molar-refractivity contribution is 5.94. The van der Waals surface area contributed by atoms with Crippen LogP contribution in [0.25, 0.3) is 0 Å². The van der Waals surface area contributed by atoms with Gasteiger partial charge in [-0.1, -0.05) is 11.6 Å². The van der Waals surface area contributed by atoms with Crippen LogP contribution in [0.15, 0.2) is 18.2 Å². The van der Waals surface area contributed by atoms with Gasteiger partial charge in [0.1, 0.15) is 0 Å². The van der Waals surface area contributed by atoms with Crippen LogP contribution in [0, 0.1) is 6.92 Å². The van der Waals surface area contributed by atoms with Gasteiger partial charge >= 0.3 is 5.97 Å². The second-order valence-corrected chi connectivity index (χ2v) is 4.33. The molecule has 0 heterocycles. The number of unbranched alkanes of at least 4 members (excludes halogenated alkanes) is 2. The zero-order valence-electron chi connectivity index (χ0n) is 11.0. The van der Waals surface area contributed by atoms with Crippen LogP contribution in [0.4, 0.5) is 5.69 Å². The molecule has 0 spiro atoms. The molecule has 2 N–H and O–H groups in total. The molecule has 0 radical (unpaired) electrons. The Labute approximate surface area is 108 Å². The molecular formula is C14H21NO3. The first-order valence-corrected chi connectivity index (χ1v) is 6.22. The average molecular weight is 251 g/mol. The molecule has 0 bridgehead atoms. The number of carbonyl (C=O) groups is 1. The zero-order chi connectivity index (χ0) is 13.4. The van der Waals surface area contributed by atoms with E-state index in [-0.39, 0.29) is 0 Å². The number of hydrogen-bond acceptors (Lipinski definition) is 3. The minimum Gasteiger partial charge on any atom is -0.478 e. The summed E-state index contributed by atoms with van der Waals surface area (Å²) in [5, 5.41) is 12.3. The van der Waals surface area contributed by atoms with Crippen molar-refractivity contribution in [2.45, 2.75) is 26.2 Å². The fraction of sp³-hybridized carbons (Fsp3) is 0.500. The third-order valence-corrected chi connectivity index (χ3v) is 2.75. The monoisotopic (exact) mass is 251 g/mol. The third-order valence-electron chi connectivity index (χ3n) is 2.75. The summed E-state index contributed by atoms with van der Waals surface area (Å²) >= 11 is 0. The van der Waals surface area contributed by atoms with E-state index < -0.39 is 5.97 Å². The van der Waals surface area contributed by atoms with Crippen molar-refractivity contribution >= 4 is 11.7 Å². The topological polar surface area (TPSA) is 58.6 Å². The Hall–Kier alpha value is -1.55. The third kappa shape index (κ3) is 4.75. The molecule has 100 valence electrons. The lowest BCUT2D eigenvalue weighted by Crippen LogP contribution is -2.08. The van der Waals surface area contributed by atoms with E-state index in [1.807, 2.05) is 19.1 Å². The summed E-state index contributed by atoms with van der Waals surface area (Å²) in [5.41, 5.74) is 1.99. The number of carboxylic acids is 1. The van der Waals surface area contributed by atoms with E-state index in [0.717, 1.165) is 38.0 Å². The molecule has 0 fully saturated rings.